The number of ether oxygens (including phenoxy) is 1. The Bertz CT molecular complexity index is 591. The number of thioether (sulfide) groups is 1. The summed E-state index contributed by atoms with van der Waals surface area (Å²) in [7, 11) is 1.59. The molecule has 2 rings (SSSR count). The Hall–Kier alpha value is -2.19. The van der Waals surface area contributed by atoms with E-state index in [0.29, 0.717) is 17.9 Å². The van der Waals surface area contributed by atoms with Crippen molar-refractivity contribution in [2.24, 2.45) is 0 Å². The molecule has 124 valence electrons. The molecule has 1 aromatic rings. The summed E-state index contributed by atoms with van der Waals surface area (Å²) in [5.41, 5.74) is 0.203. The van der Waals surface area contributed by atoms with Crippen LogP contribution in [-0.4, -0.2) is 35.2 Å². The van der Waals surface area contributed by atoms with Crippen molar-refractivity contribution in [1.29, 1.82) is 0 Å². The first-order valence-corrected chi connectivity index (χ1v) is 7.97. The van der Waals surface area contributed by atoms with E-state index >= 15 is 0 Å². The Morgan fingerprint density at radius 1 is 1.48 bits per heavy atom. The summed E-state index contributed by atoms with van der Waals surface area (Å²) in [5.74, 6) is 0.193. The van der Waals surface area contributed by atoms with E-state index in [1.807, 2.05) is 31.2 Å². The molecule has 0 aliphatic carbocycles. The number of hydroxylamine groups is 2. The zero-order valence-corrected chi connectivity index (χ0v) is 13.7. The molecule has 1 aliphatic rings. The van der Waals surface area contributed by atoms with Crippen LogP contribution in [0.2, 0.25) is 0 Å². The molecule has 3 N–H and O–H groups in total. The van der Waals surface area contributed by atoms with Gasteiger partial charge in [-0.25, -0.2) is 5.06 Å². The van der Waals surface area contributed by atoms with E-state index < -0.39 is 5.50 Å². The van der Waals surface area contributed by atoms with Gasteiger partial charge in [-0.05, 0) is 24.1 Å². The van der Waals surface area contributed by atoms with Crippen LogP contribution in [0.5, 0.6) is 5.75 Å². The molecule has 2 amide bonds. The van der Waals surface area contributed by atoms with E-state index in [1.165, 1.54) is 6.20 Å². The predicted molar refractivity (Wildman–Crippen MR) is 86.5 cm³/mol. The minimum atomic E-state index is -0.669. The predicted octanol–water partition coefficient (Wildman–Crippen LogP) is 1.57. The molecule has 0 radical (unpaired) electrons. The highest BCUT2D eigenvalue weighted by atomic mass is 32.2. The lowest BCUT2D eigenvalue weighted by Crippen LogP contribution is -2.42. The number of carbonyl (C=O) groups is 2. The average molecular weight is 337 g/mol. The van der Waals surface area contributed by atoms with Crippen LogP contribution in [-0.2, 0) is 9.59 Å². The van der Waals surface area contributed by atoms with E-state index in [-0.39, 0.29) is 11.8 Å². The summed E-state index contributed by atoms with van der Waals surface area (Å²) in [6.07, 6.45) is 2.48. The first-order chi connectivity index (χ1) is 11.1. The van der Waals surface area contributed by atoms with Crippen LogP contribution in [0.15, 0.2) is 35.5 Å². The van der Waals surface area contributed by atoms with Crippen LogP contribution in [0.3, 0.4) is 0 Å². The lowest BCUT2D eigenvalue weighted by Gasteiger charge is -2.22. The monoisotopic (exact) mass is 337 g/mol. The van der Waals surface area contributed by atoms with Gasteiger partial charge in [-0.15, -0.1) is 0 Å². The van der Waals surface area contributed by atoms with Crippen molar-refractivity contribution >= 4 is 24.1 Å². The molecule has 0 aromatic heterocycles. The van der Waals surface area contributed by atoms with E-state index in [2.05, 4.69) is 10.6 Å². The number of rotatable bonds is 7. The molecule has 1 unspecified atom stereocenters. The Balaban J connectivity index is 2.01. The standard InChI is InChI=1S/C15H19N3O4S/c1-3-12(10-4-6-11(22-2)7-5-10)14(20)17-15-18(21)8-13(23-15)16-9-19/h4-9,12,15,21H,3H2,1-2H3,(H,16,19)(H,17,20)/t12?,15-/m0/s1. The second-order valence-electron chi connectivity index (χ2n) is 4.85. The van der Waals surface area contributed by atoms with Crippen molar-refractivity contribution in [1.82, 2.24) is 15.7 Å². The first-order valence-electron chi connectivity index (χ1n) is 7.09. The van der Waals surface area contributed by atoms with Crippen LogP contribution in [0.25, 0.3) is 0 Å². The van der Waals surface area contributed by atoms with Crippen molar-refractivity contribution in [2.75, 3.05) is 7.11 Å². The van der Waals surface area contributed by atoms with Crippen LogP contribution >= 0.6 is 11.8 Å². The van der Waals surface area contributed by atoms with Crippen LogP contribution < -0.4 is 15.4 Å². The van der Waals surface area contributed by atoms with Gasteiger partial charge in [0.15, 0.2) is 5.50 Å². The number of hydrogen-bond donors (Lipinski definition) is 3. The zero-order valence-electron chi connectivity index (χ0n) is 12.9. The van der Waals surface area contributed by atoms with Crippen molar-refractivity contribution in [2.45, 2.75) is 24.8 Å². The molecule has 0 fully saturated rings. The number of methoxy groups -OCH3 is 1. The van der Waals surface area contributed by atoms with Gasteiger partial charge in [0.05, 0.1) is 24.3 Å². The van der Waals surface area contributed by atoms with Gasteiger partial charge >= 0.3 is 0 Å². The fourth-order valence-electron chi connectivity index (χ4n) is 2.25. The zero-order chi connectivity index (χ0) is 16.8. The summed E-state index contributed by atoms with van der Waals surface area (Å²) in [6, 6.07) is 7.31. The highest BCUT2D eigenvalue weighted by Gasteiger charge is 2.29. The molecule has 8 heteroatoms. The molecular weight excluding hydrogens is 318 g/mol. The molecule has 0 saturated carbocycles. The quantitative estimate of drug-likeness (QED) is 0.654. The number of nitrogens with zero attached hydrogens (tertiary/aromatic N) is 1. The number of benzene rings is 1. The molecule has 1 aromatic carbocycles. The highest BCUT2D eigenvalue weighted by Crippen LogP contribution is 2.29. The largest absolute Gasteiger partial charge is 0.497 e. The van der Waals surface area contributed by atoms with Crippen molar-refractivity contribution < 1.29 is 19.5 Å². The van der Waals surface area contributed by atoms with Gasteiger partial charge in [0.25, 0.3) is 0 Å². The first kappa shape index (κ1) is 17.2. The minimum absolute atomic E-state index is 0.199. The third-order valence-corrected chi connectivity index (χ3v) is 4.47. The van der Waals surface area contributed by atoms with Crippen LogP contribution in [0.1, 0.15) is 24.8 Å². The van der Waals surface area contributed by atoms with Crippen molar-refractivity contribution in [3.8, 4) is 5.75 Å². The fraction of sp³-hybridized carbons (Fsp3) is 0.333. The molecule has 2 atom stereocenters. The summed E-state index contributed by atoms with van der Waals surface area (Å²) >= 11 is 1.14. The summed E-state index contributed by atoms with van der Waals surface area (Å²) in [6.45, 7) is 1.92. The smallest absolute Gasteiger partial charge is 0.229 e. The summed E-state index contributed by atoms with van der Waals surface area (Å²) < 4.78 is 5.11. The van der Waals surface area contributed by atoms with Crippen molar-refractivity contribution in [3.05, 3.63) is 41.1 Å². The van der Waals surface area contributed by atoms with E-state index in [0.717, 1.165) is 28.1 Å². The van der Waals surface area contributed by atoms with Gasteiger partial charge in [0.1, 0.15) is 5.75 Å². The lowest BCUT2D eigenvalue weighted by molar-refractivity contribution is -0.127. The normalized spacial score (nSPS) is 18.1. The third kappa shape index (κ3) is 4.17. The Kier molecular flexibility index (Phi) is 5.89. The number of hydrogen-bond acceptors (Lipinski definition) is 6. The van der Waals surface area contributed by atoms with Crippen LogP contribution in [0, 0.1) is 0 Å². The second-order valence-corrected chi connectivity index (χ2v) is 5.97. The van der Waals surface area contributed by atoms with Crippen LogP contribution in [0.4, 0.5) is 0 Å². The van der Waals surface area contributed by atoms with Gasteiger partial charge in [-0.2, -0.15) is 0 Å². The van der Waals surface area contributed by atoms with Gasteiger partial charge in [0.2, 0.25) is 12.3 Å². The Morgan fingerprint density at radius 2 is 2.17 bits per heavy atom. The van der Waals surface area contributed by atoms with Gasteiger partial charge in [-0.1, -0.05) is 30.8 Å². The van der Waals surface area contributed by atoms with E-state index in [9.17, 15) is 14.8 Å². The molecule has 7 nitrogen and oxygen atoms in total. The Labute approximate surface area is 138 Å². The number of amides is 2. The molecule has 0 saturated heterocycles. The molecule has 0 spiro atoms. The third-order valence-electron chi connectivity index (χ3n) is 3.44. The highest BCUT2D eigenvalue weighted by molar-refractivity contribution is 8.03. The molecule has 1 aliphatic heterocycles. The number of nitrogens with one attached hydrogen (secondary N) is 2. The maximum absolute atomic E-state index is 12.5. The summed E-state index contributed by atoms with van der Waals surface area (Å²) in [5, 5.41) is 16.3. The maximum Gasteiger partial charge on any atom is 0.229 e. The molecular formula is C15H19N3O4S. The SMILES string of the molecule is CCC(C(=O)N[C@@H]1SC(NC=O)=CN1O)c1ccc(OC)cc1. The topological polar surface area (TPSA) is 90.9 Å². The van der Waals surface area contributed by atoms with E-state index in [4.69, 9.17) is 4.74 Å². The molecule has 23 heavy (non-hydrogen) atoms. The fourth-order valence-corrected chi connectivity index (χ4v) is 3.12. The van der Waals surface area contributed by atoms with E-state index in [1.54, 1.807) is 7.11 Å². The number of carbonyl (C=O) groups excluding carboxylic acids is 2. The average Bonchev–Trinajstić information content (AvgIpc) is 2.88. The maximum atomic E-state index is 12.5. The summed E-state index contributed by atoms with van der Waals surface area (Å²) in [4.78, 5) is 22.9. The van der Waals surface area contributed by atoms with Crippen molar-refractivity contribution in [3.63, 3.8) is 0 Å². The molecule has 1 heterocycles. The second kappa shape index (κ2) is 7.89. The Morgan fingerprint density at radius 3 is 2.74 bits per heavy atom. The lowest BCUT2D eigenvalue weighted by atomic mass is 9.95. The van der Waals surface area contributed by atoms with Gasteiger partial charge < -0.3 is 15.4 Å². The molecule has 0 bridgehead atoms. The van der Waals surface area contributed by atoms with Gasteiger partial charge in [-0.3, -0.25) is 14.8 Å². The van der Waals surface area contributed by atoms with Gasteiger partial charge in [0, 0.05) is 0 Å². The minimum Gasteiger partial charge on any atom is -0.497 e.